The van der Waals surface area contributed by atoms with Gasteiger partial charge in [-0.25, -0.2) is 0 Å². The molecule has 108 valence electrons. The molecule has 1 unspecified atom stereocenters. The Bertz CT molecular complexity index is 378. The second-order valence-electron chi connectivity index (χ2n) is 4.58. The molecule has 4 nitrogen and oxygen atoms in total. The predicted octanol–water partition coefficient (Wildman–Crippen LogP) is 1.64. The summed E-state index contributed by atoms with van der Waals surface area (Å²) in [4.78, 5) is 15.9. The third kappa shape index (κ3) is 6.23. The van der Waals surface area contributed by atoms with E-state index in [1.54, 1.807) is 6.20 Å². The Morgan fingerprint density at radius 3 is 2.84 bits per heavy atom. The lowest BCUT2D eigenvalue weighted by Gasteiger charge is -2.11. The maximum Gasteiger partial charge on any atom is 0.224 e. The number of carbonyl (C=O) groups excluding carboxylic acids is 1. The standard InChI is InChI=1S/C13H19N3O.2ClH/c1-10-4-5-11(8-15-10)7-13(17)16-9-12-3-2-6-14-12;;/h4-5,8,12,14H,2-3,6-7,9H2,1H3,(H,16,17);2*1H. The first-order chi connectivity index (χ1) is 8.24. The normalized spacial score (nSPS) is 17.2. The van der Waals surface area contributed by atoms with Crippen molar-refractivity contribution in [3.8, 4) is 0 Å². The fourth-order valence-corrected chi connectivity index (χ4v) is 2.02. The minimum absolute atomic E-state index is 0. The van der Waals surface area contributed by atoms with E-state index in [0.29, 0.717) is 12.5 Å². The first-order valence-electron chi connectivity index (χ1n) is 6.15. The average Bonchev–Trinajstić information content (AvgIpc) is 2.83. The van der Waals surface area contributed by atoms with Crippen molar-refractivity contribution < 1.29 is 4.79 Å². The number of hydrogen-bond donors (Lipinski definition) is 2. The van der Waals surface area contributed by atoms with Gasteiger partial charge in [-0.15, -0.1) is 24.8 Å². The van der Waals surface area contributed by atoms with Crippen LogP contribution in [0, 0.1) is 6.92 Å². The Kier molecular flexibility index (Phi) is 8.72. The molecular formula is C13H21Cl2N3O. The number of pyridine rings is 1. The van der Waals surface area contributed by atoms with E-state index in [4.69, 9.17) is 0 Å². The lowest BCUT2D eigenvalue weighted by molar-refractivity contribution is -0.120. The average molecular weight is 306 g/mol. The molecule has 19 heavy (non-hydrogen) atoms. The van der Waals surface area contributed by atoms with Crippen LogP contribution in [0.25, 0.3) is 0 Å². The summed E-state index contributed by atoms with van der Waals surface area (Å²) in [5, 5.41) is 6.31. The van der Waals surface area contributed by atoms with Crippen molar-refractivity contribution in [3.05, 3.63) is 29.6 Å². The fraction of sp³-hybridized carbons (Fsp3) is 0.538. The maximum absolute atomic E-state index is 11.7. The van der Waals surface area contributed by atoms with Gasteiger partial charge in [-0.2, -0.15) is 0 Å². The molecule has 2 N–H and O–H groups in total. The van der Waals surface area contributed by atoms with Gasteiger partial charge in [0.2, 0.25) is 5.91 Å². The summed E-state index contributed by atoms with van der Waals surface area (Å²) in [6, 6.07) is 4.34. The summed E-state index contributed by atoms with van der Waals surface area (Å²) in [7, 11) is 0. The van der Waals surface area contributed by atoms with Gasteiger partial charge in [0.25, 0.3) is 0 Å². The van der Waals surface area contributed by atoms with Gasteiger partial charge in [0, 0.05) is 24.5 Å². The molecule has 1 aromatic heterocycles. The molecule has 1 amide bonds. The van der Waals surface area contributed by atoms with E-state index in [-0.39, 0.29) is 30.7 Å². The van der Waals surface area contributed by atoms with Crippen molar-refractivity contribution >= 4 is 30.7 Å². The minimum atomic E-state index is 0. The molecule has 2 rings (SSSR count). The Labute approximate surface area is 126 Å². The second-order valence-corrected chi connectivity index (χ2v) is 4.58. The van der Waals surface area contributed by atoms with Crippen molar-refractivity contribution in [1.29, 1.82) is 0 Å². The summed E-state index contributed by atoms with van der Waals surface area (Å²) >= 11 is 0. The number of rotatable bonds is 4. The highest BCUT2D eigenvalue weighted by Gasteiger charge is 2.14. The highest BCUT2D eigenvalue weighted by molar-refractivity contribution is 5.85. The van der Waals surface area contributed by atoms with Crippen LogP contribution in [0.3, 0.4) is 0 Å². The minimum Gasteiger partial charge on any atom is -0.354 e. The SMILES string of the molecule is Cc1ccc(CC(=O)NCC2CCCN2)cn1.Cl.Cl. The number of aryl methyl sites for hydroxylation is 1. The van der Waals surface area contributed by atoms with Crippen LogP contribution < -0.4 is 10.6 Å². The summed E-state index contributed by atoms with van der Waals surface area (Å²) < 4.78 is 0. The van der Waals surface area contributed by atoms with E-state index in [1.165, 1.54) is 6.42 Å². The van der Waals surface area contributed by atoms with Crippen LogP contribution in [0.4, 0.5) is 0 Å². The van der Waals surface area contributed by atoms with Crippen LogP contribution >= 0.6 is 24.8 Å². The molecule has 0 aliphatic carbocycles. The molecule has 6 heteroatoms. The molecule has 2 heterocycles. The van der Waals surface area contributed by atoms with Gasteiger partial charge in [0.1, 0.15) is 0 Å². The zero-order valence-corrected chi connectivity index (χ0v) is 12.6. The molecule has 1 aliphatic rings. The van der Waals surface area contributed by atoms with Crippen LogP contribution in [-0.2, 0) is 11.2 Å². The molecule has 0 bridgehead atoms. The lowest BCUT2D eigenvalue weighted by atomic mass is 10.2. The number of nitrogens with zero attached hydrogens (tertiary/aromatic N) is 1. The molecule has 1 aromatic rings. The van der Waals surface area contributed by atoms with E-state index < -0.39 is 0 Å². The van der Waals surface area contributed by atoms with Gasteiger partial charge >= 0.3 is 0 Å². The molecule has 1 atom stereocenters. The molecule has 0 saturated carbocycles. The van der Waals surface area contributed by atoms with E-state index in [1.807, 2.05) is 19.1 Å². The van der Waals surface area contributed by atoms with Crippen molar-refractivity contribution in [1.82, 2.24) is 15.6 Å². The van der Waals surface area contributed by atoms with Gasteiger partial charge in [-0.1, -0.05) is 6.07 Å². The summed E-state index contributed by atoms with van der Waals surface area (Å²) in [5.74, 6) is 0.0735. The molecular weight excluding hydrogens is 285 g/mol. The van der Waals surface area contributed by atoms with Gasteiger partial charge in [0.15, 0.2) is 0 Å². The number of hydrogen-bond acceptors (Lipinski definition) is 3. The number of nitrogens with one attached hydrogen (secondary N) is 2. The highest BCUT2D eigenvalue weighted by atomic mass is 35.5. The number of carbonyl (C=O) groups is 1. The predicted molar refractivity (Wildman–Crippen MR) is 81.2 cm³/mol. The van der Waals surface area contributed by atoms with Crippen LogP contribution in [-0.4, -0.2) is 30.0 Å². The van der Waals surface area contributed by atoms with Crippen molar-refractivity contribution in [3.63, 3.8) is 0 Å². The van der Waals surface area contributed by atoms with Crippen LogP contribution in [0.1, 0.15) is 24.1 Å². The van der Waals surface area contributed by atoms with Crippen molar-refractivity contribution in [2.45, 2.75) is 32.2 Å². The van der Waals surface area contributed by atoms with E-state index in [2.05, 4.69) is 15.6 Å². The fourth-order valence-electron chi connectivity index (χ4n) is 2.02. The number of halogens is 2. The number of aromatic nitrogens is 1. The van der Waals surface area contributed by atoms with Crippen LogP contribution in [0.5, 0.6) is 0 Å². The summed E-state index contributed by atoms with van der Waals surface area (Å²) in [6.07, 6.45) is 4.55. The largest absolute Gasteiger partial charge is 0.354 e. The molecule has 1 aliphatic heterocycles. The zero-order chi connectivity index (χ0) is 12.1. The molecule has 0 radical (unpaired) electrons. The zero-order valence-electron chi connectivity index (χ0n) is 11.0. The van der Waals surface area contributed by atoms with Gasteiger partial charge in [-0.05, 0) is 37.9 Å². The van der Waals surface area contributed by atoms with Crippen LogP contribution in [0.2, 0.25) is 0 Å². The van der Waals surface area contributed by atoms with E-state index in [9.17, 15) is 4.79 Å². The van der Waals surface area contributed by atoms with Gasteiger partial charge in [-0.3, -0.25) is 9.78 Å². The Balaban J connectivity index is 0.00000162. The third-order valence-electron chi connectivity index (χ3n) is 3.05. The van der Waals surface area contributed by atoms with E-state index >= 15 is 0 Å². The van der Waals surface area contributed by atoms with Crippen LogP contribution in [0.15, 0.2) is 18.3 Å². The Hall–Kier alpha value is -0.840. The Morgan fingerprint density at radius 1 is 1.47 bits per heavy atom. The first kappa shape index (κ1) is 18.2. The molecule has 1 fully saturated rings. The first-order valence-corrected chi connectivity index (χ1v) is 6.15. The smallest absolute Gasteiger partial charge is 0.224 e. The lowest BCUT2D eigenvalue weighted by Crippen LogP contribution is -2.37. The number of amides is 1. The monoisotopic (exact) mass is 305 g/mol. The quantitative estimate of drug-likeness (QED) is 0.889. The third-order valence-corrected chi connectivity index (χ3v) is 3.05. The van der Waals surface area contributed by atoms with Crippen molar-refractivity contribution in [2.75, 3.05) is 13.1 Å². The van der Waals surface area contributed by atoms with Gasteiger partial charge < -0.3 is 10.6 Å². The topological polar surface area (TPSA) is 54.0 Å². The maximum atomic E-state index is 11.7. The summed E-state index contributed by atoms with van der Waals surface area (Å²) in [5.41, 5.74) is 1.94. The second kappa shape index (κ2) is 9.13. The highest BCUT2D eigenvalue weighted by Crippen LogP contribution is 2.04. The molecule has 0 spiro atoms. The Morgan fingerprint density at radius 2 is 2.26 bits per heavy atom. The summed E-state index contributed by atoms with van der Waals surface area (Å²) in [6.45, 7) is 3.75. The van der Waals surface area contributed by atoms with Crippen molar-refractivity contribution in [2.24, 2.45) is 0 Å². The van der Waals surface area contributed by atoms with E-state index in [0.717, 1.165) is 30.8 Å². The molecule has 1 saturated heterocycles. The van der Waals surface area contributed by atoms with Gasteiger partial charge in [0.05, 0.1) is 6.42 Å². The molecule has 0 aromatic carbocycles.